The van der Waals surface area contributed by atoms with Gasteiger partial charge in [0.15, 0.2) is 0 Å². The van der Waals surface area contributed by atoms with Gasteiger partial charge in [0.2, 0.25) is 9.84 Å². The van der Waals surface area contributed by atoms with E-state index in [9.17, 15) is 12.8 Å². The number of rotatable bonds is 3. The predicted octanol–water partition coefficient (Wildman–Crippen LogP) is 3.70. The van der Waals surface area contributed by atoms with Gasteiger partial charge in [-0.05, 0) is 30.3 Å². The Labute approximate surface area is 161 Å². The van der Waals surface area contributed by atoms with Crippen molar-refractivity contribution >= 4 is 38.0 Å². The summed E-state index contributed by atoms with van der Waals surface area (Å²) in [5.74, 6) is -0.488. The van der Waals surface area contributed by atoms with Crippen molar-refractivity contribution in [3.63, 3.8) is 0 Å². The van der Waals surface area contributed by atoms with E-state index in [4.69, 9.17) is 16.3 Å². The lowest BCUT2D eigenvalue weighted by atomic mass is 10.1. The zero-order chi connectivity index (χ0) is 19.0. The van der Waals surface area contributed by atoms with Crippen LogP contribution in [0.5, 0.6) is 0 Å². The zero-order valence-electron chi connectivity index (χ0n) is 14.2. The summed E-state index contributed by atoms with van der Waals surface area (Å²) < 4.78 is 46.2. The number of ether oxygens (including phenoxy) is 1. The number of para-hydroxylation sites is 1. The number of halogens is 2. The molecule has 0 saturated carbocycles. The minimum atomic E-state index is -3.87. The summed E-state index contributed by atoms with van der Waals surface area (Å²) in [7, 11) is -3.87. The van der Waals surface area contributed by atoms with Crippen LogP contribution in [0.15, 0.2) is 58.5 Å². The van der Waals surface area contributed by atoms with Crippen LogP contribution in [0.2, 0.25) is 5.02 Å². The molecule has 1 aliphatic rings. The molecule has 0 amide bonds. The molecule has 0 bridgehead atoms. The van der Waals surface area contributed by atoms with Gasteiger partial charge in [-0.25, -0.2) is 12.8 Å². The van der Waals surface area contributed by atoms with Gasteiger partial charge in [0.05, 0.1) is 23.8 Å². The molecule has 0 atom stereocenters. The van der Waals surface area contributed by atoms with Gasteiger partial charge in [-0.3, -0.25) is 4.98 Å². The van der Waals surface area contributed by atoms with E-state index in [1.165, 1.54) is 36.5 Å². The number of nitrogens with zero attached hydrogens (tertiary/aromatic N) is 2. The molecule has 0 spiro atoms. The minimum Gasteiger partial charge on any atom is -0.378 e. The van der Waals surface area contributed by atoms with Crippen LogP contribution < -0.4 is 4.90 Å². The van der Waals surface area contributed by atoms with E-state index in [0.717, 1.165) is 0 Å². The Hall–Kier alpha value is -2.22. The van der Waals surface area contributed by atoms with E-state index >= 15 is 0 Å². The van der Waals surface area contributed by atoms with Crippen LogP contribution in [0.3, 0.4) is 0 Å². The fourth-order valence-electron chi connectivity index (χ4n) is 3.21. The van der Waals surface area contributed by atoms with Crippen LogP contribution in [0.1, 0.15) is 0 Å². The van der Waals surface area contributed by atoms with Crippen LogP contribution in [0, 0.1) is 5.82 Å². The zero-order valence-corrected chi connectivity index (χ0v) is 15.8. The van der Waals surface area contributed by atoms with Crippen molar-refractivity contribution in [1.29, 1.82) is 0 Å². The highest BCUT2D eigenvalue weighted by molar-refractivity contribution is 7.91. The molecule has 5 nitrogen and oxygen atoms in total. The number of fused-ring (bicyclic) bond motifs is 1. The maximum Gasteiger partial charge on any atom is 0.210 e. The summed E-state index contributed by atoms with van der Waals surface area (Å²) >= 11 is 5.89. The fraction of sp³-hybridized carbons (Fsp3) is 0.211. The Balaban J connectivity index is 1.98. The van der Waals surface area contributed by atoms with Crippen LogP contribution in [-0.2, 0) is 14.6 Å². The molecule has 1 saturated heterocycles. The average Bonchev–Trinajstić information content (AvgIpc) is 2.68. The van der Waals surface area contributed by atoms with E-state index in [1.54, 1.807) is 12.1 Å². The molecule has 0 aliphatic carbocycles. The standard InChI is InChI=1S/C19H16ClFN2O3S/c20-13-4-6-14(7-5-13)27(24,25)17-12-22-18-15(2-1-3-16(18)21)19(17)23-8-10-26-11-9-23/h1-7,12H,8-11H2. The van der Waals surface area contributed by atoms with Gasteiger partial charge < -0.3 is 9.64 Å². The monoisotopic (exact) mass is 406 g/mol. The number of morpholine rings is 1. The van der Waals surface area contributed by atoms with Crippen LogP contribution in [0.4, 0.5) is 10.1 Å². The first-order chi connectivity index (χ1) is 13.0. The molecule has 27 heavy (non-hydrogen) atoms. The highest BCUT2D eigenvalue weighted by Gasteiger charge is 2.28. The topological polar surface area (TPSA) is 59.5 Å². The molecule has 4 rings (SSSR count). The summed E-state index contributed by atoms with van der Waals surface area (Å²) in [4.78, 5) is 6.18. The minimum absolute atomic E-state index is 0.0461. The molecule has 140 valence electrons. The lowest BCUT2D eigenvalue weighted by Gasteiger charge is -2.31. The van der Waals surface area contributed by atoms with E-state index < -0.39 is 15.7 Å². The first-order valence-electron chi connectivity index (χ1n) is 8.39. The summed E-state index contributed by atoms with van der Waals surface area (Å²) in [6, 6.07) is 10.5. The molecule has 2 heterocycles. The molecule has 8 heteroatoms. The molecule has 2 aromatic carbocycles. The van der Waals surface area contributed by atoms with Crippen LogP contribution in [-0.4, -0.2) is 39.7 Å². The molecule has 0 unspecified atom stereocenters. The van der Waals surface area contributed by atoms with Crippen molar-refractivity contribution in [2.24, 2.45) is 0 Å². The second-order valence-electron chi connectivity index (χ2n) is 6.16. The third kappa shape index (κ3) is 3.26. The van der Waals surface area contributed by atoms with Gasteiger partial charge in [0, 0.05) is 29.7 Å². The number of aromatic nitrogens is 1. The quantitative estimate of drug-likeness (QED) is 0.663. The molecular weight excluding hydrogens is 391 g/mol. The molecule has 1 aliphatic heterocycles. The first-order valence-corrected chi connectivity index (χ1v) is 10.2. The normalized spacial score (nSPS) is 15.3. The van der Waals surface area contributed by atoms with Crippen molar-refractivity contribution < 1.29 is 17.5 Å². The Bertz CT molecular complexity index is 1100. The predicted molar refractivity (Wildman–Crippen MR) is 102 cm³/mol. The van der Waals surface area contributed by atoms with E-state index in [1.807, 2.05) is 4.90 Å². The molecule has 0 radical (unpaired) electrons. The number of hydrogen-bond donors (Lipinski definition) is 0. The van der Waals surface area contributed by atoms with Crippen molar-refractivity contribution in [2.75, 3.05) is 31.2 Å². The Kier molecular flexibility index (Phi) is 4.75. The largest absolute Gasteiger partial charge is 0.378 e. The van der Waals surface area contributed by atoms with Crippen molar-refractivity contribution in [3.8, 4) is 0 Å². The fourth-order valence-corrected chi connectivity index (χ4v) is 4.76. The smallest absolute Gasteiger partial charge is 0.210 e. The molecular formula is C19H16ClFN2O3S. The number of pyridine rings is 1. The number of anilines is 1. The average molecular weight is 407 g/mol. The maximum atomic E-state index is 14.3. The molecule has 1 fully saturated rings. The maximum absolute atomic E-state index is 14.3. The van der Waals surface area contributed by atoms with Gasteiger partial charge in [0.25, 0.3) is 0 Å². The highest BCUT2D eigenvalue weighted by Crippen LogP contribution is 2.37. The lowest BCUT2D eigenvalue weighted by Crippen LogP contribution is -2.37. The Morgan fingerprint density at radius 3 is 2.48 bits per heavy atom. The molecule has 0 N–H and O–H groups in total. The number of benzene rings is 2. The third-order valence-corrected chi connectivity index (χ3v) is 6.55. The number of hydrogen-bond acceptors (Lipinski definition) is 5. The summed E-state index contributed by atoms with van der Waals surface area (Å²) in [6.07, 6.45) is 1.24. The molecule has 1 aromatic heterocycles. The van der Waals surface area contributed by atoms with Gasteiger partial charge in [-0.2, -0.15) is 0 Å². The Morgan fingerprint density at radius 1 is 1.07 bits per heavy atom. The summed E-state index contributed by atoms with van der Waals surface area (Å²) in [5.41, 5.74) is 0.604. The van der Waals surface area contributed by atoms with Crippen molar-refractivity contribution in [2.45, 2.75) is 9.79 Å². The highest BCUT2D eigenvalue weighted by atomic mass is 35.5. The lowest BCUT2D eigenvalue weighted by molar-refractivity contribution is 0.122. The van der Waals surface area contributed by atoms with Gasteiger partial charge >= 0.3 is 0 Å². The van der Waals surface area contributed by atoms with Crippen LogP contribution in [0.25, 0.3) is 10.9 Å². The number of sulfone groups is 1. The molecule has 3 aromatic rings. The first kappa shape index (κ1) is 18.2. The van der Waals surface area contributed by atoms with E-state index in [-0.39, 0.29) is 15.3 Å². The van der Waals surface area contributed by atoms with Gasteiger partial charge in [0.1, 0.15) is 16.2 Å². The third-order valence-electron chi connectivity index (χ3n) is 4.53. The van der Waals surface area contributed by atoms with Gasteiger partial charge in [-0.1, -0.05) is 23.7 Å². The van der Waals surface area contributed by atoms with E-state index in [2.05, 4.69) is 4.98 Å². The second kappa shape index (κ2) is 7.07. The summed E-state index contributed by atoms with van der Waals surface area (Å²) in [5, 5.41) is 0.910. The SMILES string of the molecule is O=S(=O)(c1ccc(Cl)cc1)c1cnc2c(F)cccc2c1N1CCOCC1. The summed E-state index contributed by atoms with van der Waals surface area (Å²) in [6.45, 7) is 1.97. The van der Waals surface area contributed by atoms with Crippen molar-refractivity contribution in [3.05, 3.63) is 59.5 Å². The Morgan fingerprint density at radius 2 is 1.78 bits per heavy atom. The van der Waals surface area contributed by atoms with Crippen LogP contribution >= 0.6 is 11.6 Å². The van der Waals surface area contributed by atoms with Gasteiger partial charge in [-0.15, -0.1) is 0 Å². The van der Waals surface area contributed by atoms with E-state index in [0.29, 0.717) is 42.4 Å². The van der Waals surface area contributed by atoms with Crippen molar-refractivity contribution in [1.82, 2.24) is 4.98 Å². The second-order valence-corrected chi connectivity index (χ2v) is 8.52.